The van der Waals surface area contributed by atoms with E-state index in [1.807, 2.05) is 19.2 Å². The zero-order valence-corrected chi connectivity index (χ0v) is 17.6. The molecule has 1 N–H and O–H groups in total. The first-order valence-corrected chi connectivity index (χ1v) is 11.7. The highest BCUT2D eigenvalue weighted by Gasteiger charge is 2.27. The number of rotatable bonds is 7. The fourth-order valence-corrected chi connectivity index (χ4v) is 5.07. The quantitative estimate of drug-likeness (QED) is 0.453. The van der Waals surface area contributed by atoms with Gasteiger partial charge in [-0.3, -0.25) is 14.4 Å². The Bertz CT molecular complexity index is 1070. The van der Waals surface area contributed by atoms with E-state index >= 15 is 0 Å². The van der Waals surface area contributed by atoms with E-state index in [0.717, 1.165) is 9.87 Å². The molecule has 0 radical (unpaired) electrons. The fraction of sp³-hybridized carbons (Fsp3) is 0.167. The van der Waals surface area contributed by atoms with E-state index in [2.05, 4.69) is 15.5 Å². The van der Waals surface area contributed by atoms with Gasteiger partial charge in [0.05, 0.1) is 10.6 Å². The predicted molar refractivity (Wildman–Crippen MR) is 112 cm³/mol. The summed E-state index contributed by atoms with van der Waals surface area (Å²) in [7, 11) is -3.92. The van der Waals surface area contributed by atoms with Crippen LogP contribution >= 0.6 is 23.1 Å². The Morgan fingerprint density at radius 3 is 2.54 bits per heavy atom. The van der Waals surface area contributed by atoms with Gasteiger partial charge in [-0.05, 0) is 43.0 Å². The lowest BCUT2D eigenvalue weighted by atomic mass is 10.2. The van der Waals surface area contributed by atoms with Crippen molar-refractivity contribution in [2.45, 2.75) is 16.2 Å². The van der Waals surface area contributed by atoms with Gasteiger partial charge in [0.2, 0.25) is 11.0 Å². The number of carbonyl (C=O) groups excluding carboxylic acids is 1. The van der Waals surface area contributed by atoms with Crippen LogP contribution in [0.1, 0.15) is 5.56 Å². The van der Waals surface area contributed by atoms with Gasteiger partial charge < -0.3 is 0 Å². The standard InChI is InChI=1S/C18H18N4O3S3/c1-13-7-6-8-14(11-13)22(28(24,25)15-9-4-3-5-10-15)12-16(23)19-17-20-21-18(26-2)27-17/h3-11H,12H2,1-2H3,(H,19,20,23). The molecule has 28 heavy (non-hydrogen) atoms. The molecule has 0 bridgehead atoms. The highest BCUT2D eigenvalue weighted by Crippen LogP contribution is 2.26. The summed E-state index contributed by atoms with van der Waals surface area (Å²) in [6.07, 6.45) is 1.86. The highest BCUT2D eigenvalue weighted by atomic mass is 32.2. The molecule has 0 saturated heterocycles. The number of nitrogens with one attached hydrogen (secondary N) is 1. The number of benzene rings is 2. The van der Waals surface area contributed by atoms with E-state index in [1.54, 1.807) is 36.4 Å². The fourth-order valence-electron chi connectivity index (χ4n) is 2.45. The Labute approximate surface area is 171 Å². The molecule has 3 aromatic rings. The number of nitrogens with zero attached hydrogens (tertiary/aromatic N) is 3. The smallest absolute Gasteiger partial charge is 0.264 e. The lowest BCUT2D eigenvalue weighted by molar-refractivity contribution is -0.114. The van der Waals surface area contributed by atoms with Crippen LogP contribution in [0.4, 0.5) is 10.8 Å². The van der Waals surface area contributed by atoms with Gasteiger partial charge in [-0.25, -0.2) is 8.42 Å². The summed E-state index contributed by atoms with van der Waals surface area (Å²) < 4.78 is 28.2. The Morgan fingerprint density at radius 1 is 1.14 bits per heavy atom. The molecule has 1 heterocycles. The minimum absolute atomic E-state index is 0.116. The first-order chi connectivity index (χ1) is 13.4. The van der Waals surface area contributed by atoms with Crippen LogP contribution in [0.2, 0.25) is 0 Å². The van der Waals surface area contributed by atoms with Crippen LogP contribution in [0, 0.1) is 6.92 Å². The number of aryl methyl sites for hydroxylation is 1. The van der Waals surface area contributed by atoms with E-state index < -0.39 is 15.9 Å². The molecule has 7 nitrogen and oxygen atoms in total. The molecule has 1 aromatic heterocycles. The summed E-state index contributed by atoms with van der Waals surface area (Å²) in [5, 5.41) is 10.8. The van der Waals surface area contributed by atoms with E-state index in [0.29, 0.717) is 15.2 Å². The number of hydrogen-bond acceptors (Lipinski definition) is 7. The van der Waals surface area contributed by atoms with Crippen LogP contribution in [-0.4, -0.2) is 37.3 Å². The normalized spacial score (nSPS) is 11.2. The molecule has 10 heteroatoms. The number of aromatic nitrogens is 2. The van der Waals surface area contributed by atoms with Gasteiger partial charge in [0.15, 0.2) is 4.34 Å². The molecule has 146 valence electrons. The van der Waals surface area contributed by atoms with Crippen LogP contribution in [0.15, 0.2) is 63.8 Å². The summed E-state index contributed by atoms with van der Waals surface area (Å²) in [5.41, 5.74) is 1.31. The Morgan fingerprint density at radius 2 is 1.89 bits per heavy atom. The van der Waals surface area contributed by atoms with Gasteiger partial charge in [-0.1, -0.05) is 53.4 Å². The minimum atomic E-state index is -3.92. The van der Waals surface area contributed by atoms with Crippen molar-refractivity contribution in [2.24, 2.45) is 0 Å². The van der Waals surface area contributed by atoms with E-state index in [4.69, 9.17) is 0 Å². The second-order valence-corrected chi connectivity index (χ2v) is 9.68. The molecular formula is C18H18N4O3S3. The van der Waals surface area contributed by atoms with Crippen molar-refractivity contribution in [3.8, 4) is 0 Å². The third-order valence-electron chi connectivity index (χ3n) is 3.74. The number of amides is 1. The number of thioether (sulfide) groups is 1. The molecule has 3 rings (SSSR count). The molecule has 2 aromatic carbocycles. The summed E-state index contributed by atoms with van der Waals surface area (Å²) in [6.45, 7) is 1.48. The molecule has 0 spiro atoms. The van der Waals surface area contributed by atoms with Gasteiger partial charge in [0.1, 0.15) is 6.54 Å². The molecule has 1 amide bonds. The van der Waals surface area contributed by atoms with Crippen LogP contribution in [0.5, 0.6) is 0 Å². The number of anilines is 2. The summed E-state index contributed by atoms with van der Waals surface area (Å²) >= 11 is 2.65. The Kier molecular flexibility index (Phi) is 6.32. The maximum Gasteiger partial charge on any atom is 0.264 e. The predicted octanol–water partition coefficient (Wildman–Crippen LogP) is 3.40. The Hall–Kier alpha value is -2.43. The molecule has 0 aliphatic rings. The van der Waals surface area contributed by atoms with Crippen molar-refractivity contribution in [3.63, 3.8) is 0 Å². The molecule has 0 aliphatic heterocycles. The van der Waals surface area contributed by atoms with Crippen LogP contribution in [0.3, 0.4) is 0 Å². The maximum absolute atomic E-state index is 13.2. The highest BCUT2D eigenvalue weighted by molar-refractivity contribution is 8.00. The monoisotopic (exact) mass is 434 g/mol. The molecule has 0 atom stereocenters. The second kappa shape index (κ2) is 8.72. The first kappa shape index (κ1) is 20.3. The number of carbonyl (C=O) groups is 1. The topological polar surface area (TPSA) is 92.3 Å². The zero-order chi connectivity index (χ0) is 20.1. The van der Waals surface area contributed by atoms with Gasteiger partial charge in [-0.2, -0.15) is 0 Å². The number of hydrogen-bond donors (Lipinski definition) is 1. The van der Waals surface area contributed by atoms with Gasteiger partial charge in [0, 0.05) is 0 Å². The van der Waals surface area contributed by atoms with Crippen molar-refractivity contribution in [1.29, 1.82) is 0 Å². The molecular weight excluding hydrogens is 416 g/mol. The van der Waals surface area contributed by atoms with Crippen molar-refractivity contribution >= 4 is 49.8 Å². The lowest BCUT2D eigenvalue weighted by Crippen LogP contribution is -2.38. The van der Waals surface area contributed by atoms with Crippen LogP contribution in [-0.2, 0) is 14.8 Å². The maximum atomic E-state index is 13.2. The lowest BCUT2D eigenvalue weighted by Gasteiger charge is -2.24. The summed E-state index contributed by atoms with van der Waals surface area (Å²) in [5.74, 6) is -0.496. The Balaban J connectivity index is 1.91. The largest absolute Gasteiger partial charge is 0.299 e. The van der Waals surface area contributed by atoms with Crippen molar-refractivity contribution < 1.29 is 13.2 Å². The van der Waals surface area contributed by atoms with E-state index in [-0.39, 0.29) is 11.4 Å². The summed E-state index contributed by atoms with van der Waals surface area (Å²) in [6, 6.07) is 15.0. The second-order valence-electron chi connectivity index (χ2n) is 5.79. The third kappa shape index (κ3) is 4.70. The first-order valence-electron chi connectivity index (χ1n) is 8.22. The van der Waals surface area contributed by atoms with Crippen molar-refractivity contribution in [1.82, 2.24) is 10.2 Å². The van der Waals surface area contributed by atoms with Crippen molar-refractivity contribution in [2.75, 3.05) is 22.4 Å². The SMILES string of the molecule is CSc1nnc(NC(=O)CN(c2cccc(C)c2)S(=O)(=O)c2ccccc2)s1. The third-order valence-corrected chi connectivity index (χ3v) is 7.34. The van der Waals surface area contributed by atoms with E-state index in [1.165, 1.54) is 35.2 Å². The molecule has 0 saturated carbocycles. The van der Waals surface area contributed by atoms with Gasteiger partial charge >= 0.3 is 0 Å². The summed E-state index contributed by atoms with van der Waals surface area (Å²) in [4.78, 5) is 12.7. The van der Waals surface area contributed by atoms with Crippen LogP contribution in [0.25, 0.3) is 0 Å². The average Bonchev–Trinajstić information content (AvgIpc) is 3.14. The molecule has 0 fully saturated rings. The minimum Gasteiger partial charge on any atom is -0.299 e. The molecule has 0 aliphatic carbocycles. The van der Waals surface area contributed by atoms with Crippen LogP contribution < -0.4 is 9.62 Å². The van der Waals surface area contributed by atoms with Crippen molar-refractivity contribution in [3.05, 3.63) is 60.2 Å². The van der Waals surface area contributed by atoms with Gasteiger partial charge in [0.25, 0.3) is 10.0 Å². The number of sulfonamides is 1. The van der Waals surface area contributed by atoms with E-state index in [9.17, 15) is 13.2 Å². The zero-order valence-electron chi connectivity index (χ0n) is 15.2. The average molecular weight is 435 g/mol. The molecule has 0 unspecified atom stereocenters. The van der Waals surface area contributed by atoms with Gasteiger partial charge in [-0.15, -0.1) is 10.2 Å².